The van der Waals surface area contributed by atoms with Gasteiger partial charge in [-0.15, -0.1) is 0 Å². The Bertz CT molecular complexity index is 732. The van der Waals surface area contributed by atoms with E-state index >= 15 is 0 Å². The van der Waals surface area contributed by atoms with E-state index in [1.54, 1.807) is 13.0 Å². The maximum Gasteiger partial charge on any atom is 0.270 e. The van der Waals surface area contributed by atoms with Crippen molar-refractivity contribution in [2.75, 3.05) is 11.9 Å². The number of unbranched alkanes of at least 4 members (excludes halogenated alkanes) is 2. The number of benzene rings is 1. The molecular formula is C20H28N4O. The van der Waals surface area contributed by atoms with Gasteiger partial charge in [-0.25, -0.2) is 9.97 Å². The molecule has 1 heterocycles. The van der Waals surface area contributed by atoms with E-state index in [-0.39, 0.29) is 5.91 Å². The number of hydrogen-bond donors (Lipinski definition) is 2. The molecule has 5 nitrogen and oxygen atoms in total. The number of hydrogen-bond acceptors (Lipinski definition) is 4. The Morgan fingerprint density at radius 2 is 1.68 bits per heavy atom. The van der Waals surface area contributed by atoms with Crippen LogP contribution in [0.4, 0.5) is 11.5 Å². The molecule has 0 aliphatic heterocycles. The fourth-order valence-electron chi connectivity index (χ4n) is 2.92. The average molecular weight is 340 g/mol. The van der Waals surface area contributed by atoms with E-state index in [1.165, 1.54) is 5.56 Å². The summed E-state index contributed by atoms with van der Waals surface area (Å²) in [4.78, 5) is 21.0. The largest absolute Gasteiger partial charge is 0.351 e. The number of carbonyl (C=O) groups is 1. The molecule has 0 aliphatic carbocycles. The number of aryl methyl sites for hydroxylation is 4. The highest BCUT2D eigenvalue weighted by Gasteiger charge is 2.12. The number of nitrogens with one attached hydrogen (secondary N) is 2. The average Bonchev–Trinajstić information content (AvgIpc) is 2.54. The van der Waals surface area contributed by atoms with Crippen molar-refractivity contribution in [2.45, 2.75) is 53.9 Å². The van der Waals surface area contributed by atoms with Gasteiger partial charge in [0, 0.05) is 18.3 Å². The van der Waals surface area contributed by atoms with Gasteiger partial charge in [0.2, 0.25) is 0 Å². The third-order valence-electron chi connectivity index (χ3n) is 4.07. The third-order valence-corrected chi connectivity index (χ3v) is 4.07. The molecule has 25 heavy (non-hydrogen) atoms. The summed E-state index contributed by atoms with van der Waals surface area (Å²) >= 11 is 0. The fraction of sp³-hybridized carbons (Fsp3) is 0.450. The monoisotopic (exact) mass is 340 g/mol. The molecule has 134 valence electrons. The van der Waals surface area contributed by atoms with Gasteiger partial charge in [0.1, 0.15) is 17.3 Å². The van der Waals surface area contributed by atoms with E-state index in [0.29, 0.717) is 23.9 Å². The number of aromatic nitrogens is 2. The predicted octanol–water partition coefficient (Wildman–Crippen LogP) is 4.37. The lowest BCUT2D eigenvalue weighted by molar-refractivity contribution is 0.0947. The second-order valence-corrected chi connectivity index (χ2v) is 6.55. The van der Waals surface area contributed by atoms with Gasteiger partial charge < -0.3 is 10.6 Å². The summed E-state index contributed by atoms with van der Waals surface area (Å²) in [5, 5.41) is 6.27. The first-order valence-corrected chi connectivity index (χ1v) is 8.89. The summed E-state index contributed by atoms with van der Waals surface area (Å²) in [5.74, 6) is 1.06. The van der Waals surface area contributed by atoms with Gasteiger partial charge in [-0.2, -0.15) is 0 Å². The second kappa shape index (κ2) is 8.60. The summed E-state index contributed by atoms with van der Waals surface area (Å²) in [6, 6.07) is 5.97. The van der Waals surface area contributed by atoms with Crippen molar-refractivity contribution in [1.29, 1.82) is 0 Å². The predicted molar refractivity (Wildman–Crippen MR) is 103 cm³/mol. The first kappa shape index (κ1) is 18.9. The Hall–Kier alpha value is -2.43. The number of rotatable bonds is 7. The van der Waals surface area contributed by atoms with Crippen molar-refractivity contribution in [3.05, 3.63) is 46.4 Å². The standard InChI is InChI=1S/C20H28N4O/c1-6-7-8-9-21-20(25)17-12-18(23-16(5)22-17)24-19-14(3)10-13(2)11-15(19)4/h10-12H,6-9H2,1-5H3,(H,21,25)(H,22,23,24). The zero-order valence-corrected chi connectivity index (χ0v) is 15.9. The lowest BCUT2D eigenvalue weighted by Gasteiger charge is -2.14. The smallest absolute Gasteiger partial charge is 0.270 e. The van der Waals surface area contributed by atoms with Crippen molar-refractivity contribution in [3.63, 3.8) is 0 Å². The quantitative estimate of drug-likeness (QED) is 0.734. The van der Waals surface area contributed by atoms with E-state index in [1.807, 2.05) is 0 Å². The summed E-state index contributed by atoms with van der Waals surface area (Å²) in [5.41, 5.74) is 4.96. The third kappa shape index (κ3) is 5.28. The van der Waals surface area contributed by atoms with Crippen molar-refractivity contribution < 1.29 is 4.79 Å². The van der Waals surface area contributed by atoms with Crippen LogP contribution < -0.4 is 10.6 Å². The van der Waals surface area contributed by atoms with Crippen molar-refractivity contribution in [3.8, 4) is 0 Å². The molecule has 0 unspecified atom stereocenters. The minimum Gasteiger partial charge on any atom is -0.351 e. The lowest BCUT2D eigenvalue weighted by atomic mass is 10.1. The number of nitrogens with zero attached hydrogens (tertiary/aromatic N) is 2. The van der Waals surface area contributed by atoms with E-state index < -0.39 is 0 Å². The van der Waals surface area contributed by atoms with Crippen LogP contribution in [0.25, 0.3) is 0 Å². The van der Waals surface area contributed by atoms with Crippen LogP contribution in [0, 0.1) is 27.7 Å². The Labute approximate surface area is 150 Å². The van der Waals surface area contributed by atoms with Gasteiger partial charge in [0.05, 0.1) is 0 Å². The SMILES string of the molecule is CCCCCNC(=O)c1cc(Nc2c(C)cc(C)cc2C)nc(C)n1. The molecule has 0 fully saturated rings. The molecule has 0 aliphatic rings. The van der Waals surface area contributed by atoms with Gasteiger partial charge in [0.15, 0.2) is 0 Å². The Morgan fingerprint density at radius 3 is 2.32 bits per heavy atom. The first-order valence-electron chi connectivity index (χ1n) is 8.89. The van der Waals surface area contributed by atoms with Crippen molar-refractivity contribution >= 4 is 17.4 Å². The summed E-state index contributed by atoms with van der Waals surface area (Å²) in [6.07, 6.45) is 3.23. The van der Waals surface area contributed by atoms with Crippen LogP contribution in [0.2, 0.25) is 0 Å². The molecule has 0 radical (unpaired) electrons. The lowest BCUT2D eigenvalue weighted by Crippen LogP contribution is -2.26. The van der Waals surface area contributed by atoms with Crippen LogP contribution in [-0.4, -0.2) is 22.4 Å². The molecule has 0 saturated heterocycles. The fourth-order valence-corrected chi connectivity index (χ4v) is 2.92. The maximum atomic E-state index is 12.3. The first-order chi connectivity index (χ1) is 11.9. The van der Waals surface area contributed by atoms with E-state index in [4.69, 9.17) is 0 Å². The molecule has 1 aromatic carbocycles. The minimum absolute atomic E-state index is 0.151. The van der Waals surface area contributed by atoms with Gasteiger partial charge in [-0.05, 0) is 45.2 Å². The number of carbonyl (C=O) groups excluding carboxylic acids is 1. The normalized spacial score (nSPS) is 10.6. The summed E-state index contributed by atoms with van der Waals surface area (Å²) in [7, 11) is 0. The molecule has 2 rings (SSSR count). The van der Waals surface area contributed by atoms with Gasteiger partial charge in [-0.1, -0.05) is 37.5 Å². The van der Waals surface area contributed by atoms with E-state index in [9.17, 15) is 4.79 Å². The van der Waals surface area contributed by atoms with Crippen LogP contribution in [-0.2, 0) is 0 Å². The van der Waals surface area contributed by atoms with Crippen LogP contribution in [0.5, 0.6) is 0 Å². The Kier molecular flexibility index (Phi) is 6.51. The highest BCUT2D eigenvalue weighted by Crippen LogP contribution is 2.25. The molecule has 2 N–H and O–H groups in total. The highest BCUT2D eigenvalue weighted by atomic mass is 16.1. The zero-order valence-electron chi connectivity index (χ0n) is 15.9. The van der Waals surface area contributed by atoms with Gasteiger partial charge in [0.25, 0.3) is 5.91 Å². The molecule has 0 spiro atoms. The molecule has 0 atom stereocenters. The molecular weight excluding hydrogens is 312 g/mol. The van der Waals surface area contributed by atoms with Gasteiger partial charge in [-0.3, -0.25) is 4.79 Å². The molecule has 1 aromatic heterocycles. The molecule has 1 amide bonds. The summed E-state index contributed by atoms with van der Waals surface area (Å²) < 4.78 is 0. The Balaban J connectivity index is 2.18. The zero-order chi connectivity index (χ0) is 18.4. The van der Waals surface area contributed by atoms with Crippen molar-refractivity contribution in [2.24, 2.45) is 0 Å². The second-order valence-electron chi connectivity index (χ2n) is 6.55. The van der Waals surface area contributed by atoms with Crippen LogP contribution in [0.15, 0.2) is 18.2 Å². The maximum absolute atomic E-state index is 12.3. The van der Waals surface area contributed by atoms with Crippen LogP contribution in [0.3, 0.4) is 0 Å². The van der Waals surface area contributed by atoms with E-state index in [2.05, 4.69) is 60.4 Å². The van der Waals surface area contributed by atoms with Crippen molar-refractivity contribution in [1.82, 2.24) is 15.3 Å². The molecule has 5 heteroatoms. The van der Waals surface area contributed by atoms with Crippen LogP contribution >= 0.6 is 0 Å². The minimum atomic E-state index is -0.151. The van der Waals surface area contributed by atoms with Crippen LogP contribution in [0.1, 0.15) is 59.2 Å². The molecule has 2 aromatic rings. The van der Waals surface area contributed by atoms with Gasteiger partial charge >= 0.3 is 0 Å². The molecule has 0 bridgehead atoms. The number of amides is 1. The molecule has 0 saturated carbocycles. The highest BCUT2D eigenvalue weighted by molar-refractivity contribution is 5.93. The van der Waals surface area contributed by atoms with E-state index in [0.717, 1.165) is 36.1 Å². The summed E-state index contributed by atoms with van der Waals surface area (Å²) in [6.45, 7) is 10.8. The number of anilines is 2. The Morgan fingerprint density at radius 1 is 1.00 bits per heavy atom. The topological polar surface area (TPSA) is 66.9 Å².